The van der Waals surface area contributed by atoms with Gasteiger partial charge < -0.3 is 14.8 Å². The van der Waals surface area contributed by atoms with Gasteiger partial charge in [-0.2, -0.15) is 0 Å². The van der Waals surface area contributed by atoms with Gasteiger partial charge in [0, 0.05) is 5.54 Å². The Morgan fingerprint density at radius 1 is 1.11 bits per heavy atom. The molecule has 0 spiro atoms. The Balaban J connectivity index is 3.29. The van der Waals surface area contributed by atoms with Crippen molar-refractivity contribution < 1.29 is 9.47 Å². The molecule has 102 valence electrons. The summed E-state index contributed by atoms with van der Waals surface area (Å²) in [4.78, 5) is 0. The number of nitrogens with one attached hydrogen (secondary N) is 1. The monoisotopic (exact) mass is 251 g/mol. The van der Waals surface area contributed by atoms with Gasteiger partial charge in [-0.15, -0.1) is 0 Å². The van der Waals surface area contributed by atoms with E-state index >= 15 is 0 Å². The molecule has 0 atom stereocenters. The lowest BCUT2D eigenvalue weighted by molar-refractivity contribution is 0.376. The van der Waals surface area contributed by atoms with Crippen molar-refractivity contribution in [1.82, 2.24) is 5.32 Å². The fourth-order valence-corrected chi connectivity index (χ4v) is 2.12. The fourth-order valence-electron chi connectivity index (χ4n) is 2.12. The molecule has 18 heavy (non-hydrogen) atoms. The fraction of sp³-hybridized carbons (Fsp3) is 0.600. The number of methoxy groups -OCH3 is 2. The van der Waals surface area contributed by atoms with Crippen LogP contribution in [0.4, 0.5) is 0 Å². The number of hydrogen-bond donors (Lipinski definition) is 1. The summed E-state index contributed by atoms with van der Waals surface area (Å²) in [5.74, 6) is 1.90. The number of benzene rings is 1. The summed E-state index contributed by atoms with van der Waals surface area (Å²) >= 11 is 0. The Morgan fingerprint density at radius 2 is 1.72 bits per heavy atom. The van der Waals surface area contributed by atoms with Crippen LogP contribution in [0.1, 0.15) is 30.5 Å². The molecule has 0 saturated heterocycles. The predicted molar refractivity (Wildman–Crippen MR) is 75.9 cm³/mol. The van der Waals surface area contributed by atoms with Crippen LogP contribution in [0.25, 0.3) is 0 Å². The third-order valence-electron chi connectivity index (χ3n) is 3.60. The molecule has 0 heterocycles. The van der Waals surface area contributed by atoms with E-state index in [-0.39, 0.29) is 5.54 Å². The second kappa shape index (κ2) is 5.61. The third-order valence-corrected chi connectivity index (χ3v) is 3.60. The van der Waals surface area contributed by atoms with Gasteiger partial charge in [-0.25, -0.2) is 0 Å². The van der Waals surface area contributed by atoms with Crippen LogP contribution >= 0.6 is 0 Å². The minimum absolute atomic E-state index is 0.0278. The molecule has 3 nitrogen and oxygen atoms in total. The maximum absolute atomic E-state index is 5.56. The van der Waals surface area contributed by atoms with Gasteiger partial charge in [0.2, 0.25) is 0 Å². The van der Waals surface area contributed by atoms with Gasteiger partial charge in [0.15, 0.2) is 0 Å². The quantitative estimate of drug-likeness (QED) is 0.873. The molecule has 0 bridgehead atoms. The summed E-state index contributed by atoms with van der Waals surface area (Å²) in [6.45, 7) is 8.48. The van der Waals surface area contributed by atoms with E-state index in [9.17, 15) is 0 Å². The SMILES string of the molecule is CNC(C)(C)Cc1cc(OC)c(C)c(C)c1OC. The highest BCUT2D eigenvalue weighted by Gasteiger charge is 2.21. The topological polar surface area (TPSA) is 30.5 Å². The van der Waals surface area contributed by atoms with Crippen molar-refractivity contribution in [1.29, 1.82) is 0 Å². The van der Waals surface area contributed by atoms with Gasteiger partial charge >= 0.3 is 0 Å². The minimum Gasteiger partial charge on any atom is -0.496 e. The average molecular weight is 251 g/mol. The molecular formula is C15H25NO2. The van der Waals surface area contributed by atoms with Gasteiger partial charge in [0.1, 0.15) is 11.5 Å². The van der Waals surface area contributed by atoms with Crippen LogP contribution in [0, 0.1) is 13.8 Å². The first-order chi connectivity index (χ1) is 8.36. The van der Waals surface area contributed by atoms with Gasteiger partial charge in [-0.05, 0) is 63.9 Å². The van der Waals surface area contributed by atoms with Crippen molar-refractivity contribution in [2.75, 3.05) is 21.3 Å². The minimum atomic E-state index is 0.0278. The van der Waals surface area contributed by atoms with E-state index in [1.165, 1.54) is 5.56 Å². The molecule has 3 heteroatoms. The lowest BCUT2D eigenvalue weighted by atomic mass is 9.91. The molecule has 0 fully saturated rings. The second-order valence-corrected chi connectivity index (χ2v) is 5.33. The predicted octanol–water partition coefficient (Wildman–Crippen LogP) is 2.86. The molecule has 0 aromatic heterocycles. The molecule has 1 aromatic carbocycles. The van der Waals surface area contributed by atoms with Crippen molar-refractivity contribution in [3.05, 3.63) is 22.8 Å². The Labute approximate surface area is 110 Å². The summed E-state index contributed by atoms with van der Waals surface area (Å²) in [5, 5.41) is 3.32. The maximum atomic E-state index is 5.56. The van der Waals surface area contributed by atoms with E-state index in [4.69, 9.17) is 9.47 Å². The van der Waals surface area contributed by atoms with Crippen LogP contribution < -0.4 is 14.8 Å². The molecule has 0 saturated carbocycles. The van der Waals surface area contributed by atoms with Crippen LogP contribution in [0.5, 0.6) is 11.5 Å². The van der Waals surface area contributed by atoms with E-state index in [0.717, 1.165) is 29.0 Å². The zero-order chi connectivity index (χ0) is 13.9. The third kappa shape index (κ3) is 2.96. The molecule has 0 aliphatic carbocycles. The highest BCUT2D eigenvalue weighted by Crippen LogP contribution is 2.35. The Morgan fingerprint density at radius 3 is 2.17 bits per heavy atom. The van der Waals surface area contributed by atoms with Crippen LogP contribution in [0.2, 0.25) is 0 Å². The molecule has 0 radical (unpaired) electrons. The van der Waals surface area contributed by atoms with Gasteiger partial charge in [-0.3, -0.25) is 0 Å². The summed E-state index contributed by atoms with van der Waals surface area (Å²) < 4.78 is 11.0. The second-order valence-electron chi connectivity index (χ2n) is 5.33. The number of ether oxygens (including phenoxy) is 2. The standard InChI is InChI=1S/C15H25NO2/c1-10-11(2)14(18-7)12(8-13(10)17-6)9-15(3,4)16-5/h8,16H,9H2,1-7H3. The Bertz CT molecular complexity index is 425. The van der Waals surface area contributed by atoms with Crippen molar-refractivity contribution in [2.45, 2.75) is 39.7 Å². The normalized spacial score (nSPS) is 11.5. The van der Waals surface area contributed by atoms with Crippen molar-refractivity contribution in [2.24, 2.45) is 0 Å². The number of hydrogen-bond acceptors (Lipinski definition) is 3. The van der Waals surface area contributed by atoms with Gasteiger partial charge in [0.05, 0.1) is 14.2 Å². The molecule has 0 aliphatic rings. The largest absolute Gasteiger partial charge is 0.496 e. The molecule has 0 unspecified atom stereocenters. The summed E-state index contributed by atoms with van der Waals surface area (Å²) in [5.41, 5.74) is 3.50. The summed E-state index contributed by atoms with van der Waals surface area (Å²) in [7, 11) is 5.41. The van der Waals surface area contributed by atoms with Crippen molar-refractivity contribution >= 4 is 0 Å². The molecule has 0 aliphatic heterocycles. The van der Waals surface area contributed by atoms with E-state index in [1.807, 2.05) is 7.05 Å². The lowest BCUT2D eigenvalue weighted by Crippen LogP contribution is -2.38. The molecule has 0 amide bonds. The smallest absolute Gasteiger partial charge is 0.125 e. The molecule has 1 N–H and O–H groups in total. The lowest BCUT2D eigenvalue weighted by Gasteiger charge is -2.26. The van der Waals surface area contributed by atoms with Crippen LogP contribution in [-0.2, 0) is 6.42 Å². The first-order valence-corrected chi connectivity index (χ1v) is 6.26. The number of rotatable bonds is 5. The molecule has 1 rings (SSSR count). The highest BCUT2D eigenvalue weighted by molar-refractivity contribution is 5.53. The zero-order valence-electron chi connectivity index (χ0n) is 12.6. The van der Waals surface area contributed by atoms with E-state index in [1.54, 1.807) is 14.2 Å². The summed E-state index contributed by atoms with van der Waals surface area (Å²) in [6.07, 6.45) is 0.893. The van der Waals surface area contributed by atoms with E-state index < -0.39 is 0 Å². The van der Waals surface area contributed by atoms with Crippen molar-refractivity contribution in [3.63, 3.8) is 0 Å². The molecule has 1 aromatic rings. The van der Waals surface area contributed by atoms with Gasteiger partial charge in [0.25, 0.3) is 0 Å². The van der Waals surface area contributed by atoms with Crippen LogP contribution in [0.3, 0.4) is 0 Å². The van der Waals surface area contributed by atoms with Gasteiger partial charge in [-0.1, -0.05) is 0 Å². The van der Waals surface area contributed by atoms with Crippen LogP contribution in [0.15, 0.2) is 6.07 Å². The van der Waals surface area contributed by atoms with Crippen molar-refractivity contribution in [3.8, 4) is 11.5 Å². The molecular weight excluding hydrogens is 226 g/mol. The maximum Gasteiger partial charge on any atom is 0.125 e. The number of likely N-dealkylation sites (N-methyl/N-ethyl adjacent to an activating group) is 1. The Kier molecular flexibility index (Phi) is 4.63. The highest BCUT2D eigenvalue weighted by atomic mass is 16.5. The first-order valence-electron chi connectivity index (χ1n) is 6.26. The van der Waals surface area contributed by atoms with E-state index in [0.29, 0.717) is 0 Å². The van der Waals surface area contributed by atoms with Crippen LogP contribution in [-0.4, -0.2) is 26.8 Å². The Hall–Kier alpha value is -1.22. The average Bonchev–Trinajstić information content (AvgIpc) is 2.33. The summed E-state index contributed by atoms with van der Waals surface area (Å²) in [6, 6.07) is 2.08. The zero-order valence-corrected chi connectivity index (χ0v) is 12.6. The first kappa shape index (κ1) is 14.8. The van der Waals surface area contributed by atoms with E-state index in [2.05, 4.69) is 39.1 Å².